The molecule has 2 aromatic rings. The third-order valence-electron chi connectivity index (χ3n) is 3.13. The number of amides is 1. The minimum absolute atomic E-state index is 0.0874. The first-order chi connectivity index (χ1) is 9.56. The molecule has 2 heterocycles. The molecule has 2 N–H and O–H groups in total. The molecule has 0 saturated heterocycles. The Labute approximate surface area is 122 Å². The van der Waals surface area contributed by atoms with Gasteiger partial charge in [-0.25, -0.2) is 4.98 Å². The first-order valence-corrected chi connectivity index (χ1v) is 7.37. The second kappa shape index (κ2) is 6.62. The number of anilines is 1. The number of hydrogen-bond donors (Lipinski definition) is 2. The average molecular weight is 293 g/mol. The summed E-state index contributed by atoms with van der Waals surface area (Å²) in [6, 6.07) is 0.313. The highest BCUT2D eigenvalue weighted by Gasteiger charge is 2.15. The second-order valence-electron chi connectivity index (χ2n) is 4.79. The summed E-state index contributed by atoms with van der Waals surface area (Å²) in [5, 5.41) is 12.7. The van der Waals surface area contributed by atoms with E-state index < -0.39 is 0 Å². The first kappa shape index (κ1) is 14.7. The van der Waals surface area contributed by atoms with Gasteiger partial charge in [-0.2, -0.15) is 5.10 Å². The molecule has 0 aliphatic rings. The van der Waals surface area contributed by atoms with Crippen LogP contribution in [0, 0.1) is 6.92 Å². The zero-order valence-electron chi connectivity index (χ0n) is 11.8. The van der Waals surface area contributed by atoms with Crippen molar-refractivity contribution in [3.63, 3.8) is 0 Å². The van der Waals surface area contributed by atoms with E-state index in [-0.39, 0.29) is 24.5 Å². The molecule has 2 unspecified atom stereocenters. The van der Waals surface area contributed by atoms with Crippen molar-refractivity contribution in [1.82, 2.24) is 20.1 Å². The van der Waals surface area contributed by atoms with E-state index in [4.69, 9.17) is 0 Å². The molecule has 0 aliphatic heterocycles. The second-order valence-corrected chi connectivity index (χ2v) is 5.69. The van der Waals surface area contributed by atoms with Crippen LogP contribution in [0.1, 0.15) is 25.5 Å². The minimum Gasteiger partial charge on any atom is -0.304 e. The van der Waals surface area contributed by atoms with Gasteiger partial charge < -0.3 is 10.6 Å². The molecular formula is C13H19N5OS. The predicted molar refractivity (Wildman–Crippen MR) is 79.9 cm³/mol. The fourth-order valence-corrected chi connectivity index (χ4v) is 2.30. The van der Waals surface area contributed by atoms with Gasteiger partial charge >= 0.3 is 0 Å². The number of nitrogens with zero attached hydrogens (tertiary/aromatic N) is 3. The van der Waals surface area contributed by atoms with Crippen LogP contribution in [-0.4, -0.2) is 33.3 Å². The molecule has 0 fully saturated rings. The Bertz CT molecular complexity index is 551. The number of nitrogens with one attached hydrogen (secondary N) is 2. The lowest BCUT2D eigenvalue weighted by Crippen LogP contribution is -2.39. The summed E-state index contributed by atoms with van der Waals surface area (Å²) < 4.78 is 1.91. The maximum absolute atomic E-state index is 11.7. The summed E-state index contributed by atoms with van der Waals surface area (Å²) in [7, 11) is 0. The van der Waals surface area contributed by atoms with Gasteiger partial charge in [-0.1, -0.05) is 0 Å². The topological polar surface area (TPSA) is 71.8 Å². The van der Waals surface area contributed by atoms with Gasteiger partial charge in [-0.3, -0.25) is 9.48 Å². The number of hydrogen-bond acceptors (Lipinski definition) is 5. The molecule has 0 aliphatic carbocycles. The van der Waals surface area contributed by atoms with Crippen LogP contribution >= 0.6 is 11.3 Å². The van der Waals surface area contributed by atoms with Crippen LogP contribution in [0.3, 0.4) is 0 Å². The maximum Gasteiger partial charge on any atom is 0.240 e. The standard InChI is InChI=1S/C13H19N5OS/c1-9-6-16-18(8-9)11(3)10(2)15-7-12(19)17-13-14-4-5-20-13/h4-6,8,10-11,15H,7H2,1-3H3,(H,14,17,19). The van der Waals surface area contributed by atoms with E-state index in [0.717, 1.165) is 5.56 Å². The molecule has 7 heteroatoms. The van der Waals surface area contributed by atoms with Gasteiger partial charge in [-0.05, 0) is 26.3 Å². The lowest BCUT2D eigenvalue weighted by molar-refractivity contribution is -0.115. The Morgan fingerprint density at radius 3 is 2.90 bits per heavy atom. The maximum atomic E-state index is 11.7. The van der Waals surface area contributed by atoms with Gasteiger partial charge in [0.05, 0.1) is 18.8 Å². The molecule has 2 atom stereocenters. The zero-order chi connectivity index (χ0) is 14.5. The Kier molecular flexibility index (Phi) is 4.86. The van der Waals surface area contributed by atoms with Gasteiger partial charge in [0.25, 0.3) is 0 Å². The third-order valence-corrected chi connectivity index (χ3v) is 3.82. The number of aromatic nitrogens is 3. The predicted octanol–water partition coefficient (Wildman–Crippen LogP) is 1.83. The highest BCUT2D eigenvalue weighted by Crippen LogP contribution is 2.11. The molecule has 0 spiro atoms. The van der Waals surface area contributed by atoms with E-state index in [9.17, 15) is 4.79 Å². The van der Waals surface area contributed by atoms with Gasteiger partial charge in [-0.15, -0.1) is 11.3 Å². The number of carbonyl (C=O) groups is 1. The normalized spacial score (nSPS) is 13.9. The van der Waals surface area contributed by atoms with Gasteiger partial charge in [0, 0.05) is 23.8 Å². The quantitative estimate of drug-likeness (QED) is 0.852. The van der Waals surface area contributed by atoms with Crippen LogP contribution in [0.4, 0.5) is 5.13 Å². The summed E-state index contributed by atoms with van der Waals surface area (Å²) >= 11 is 1.41. The minimum atomic E-state index is -0.0874. The number of carbonyl (C=O) groups excluding carboxylic acids is 1. The van der Waals surface area contributed by atoms with E-state index in [1.807, 2.05) is 36.3 Å². The summed E-state index contributed by atoms with van der Waals surface area (Å²) in [5.74, 6) is -0.0874. The SMILES string of the molecule is Cc1cnn(C(C)C(C)NCC(=O)Nc2nccs2)c1. The fraction of sp³-hybridized carbons (Fsp3) is 0.462. The van der Waals surface area contributed by atoms with Crippen molar-refractivity contribution in [2.45, 2.75) is 32.9 Å². The summed E-state index contributed by atoms with van der Waals surface area (Å²) in [4.78, 5) is 15.8. The summed E-state index contributed by atoms with van der Waals surface area (Å²) in [5.41, 5.74) is 1.13. The molecular weight excluding hydrogens is 274 g/mol. The van der Waals surface area contributed by atoms with E-state index in [1.54, 1.807) is 6.20 Å². The molecule has 2 rings (SSSR count). The van der Waals surface area contributed by atoms with Crippen molar-refractivity contribution < 1.29 is 4.79 Å². The van der Waals surface area contributed by atoms with Crippen LogP contribution in [0.15, 0.2) is 24.0 Å². The van der Waals surface area contributed by atoms with E-state index in [1.165, 1.54) is 11.3 Å². The zero-order valence-corrected chi connectivity index (χ0v) is 12.6. The number of aryl methyl sites for hydroxylation is 1. The van der Waals surface area contributed by atoms with Crippen LogP contribution in [-0.2, 0) is 4.79 Å². The Balaban J connectivity index is 1.79. The van der Waals surface area contributed by atoms with Crippen molar-refractivity contribution in [3.05, 3.63) is 29.5 Å². The molecule has 20 heavy (non-hydrogen) atoms. The van der Waals surface area contributed by atoms with Crippen LogP contribution in [0.2, 0.25) is 0 Å². The molecule has 0 radical (unpaired) electrons. The molecule has 0 bridgehead atoms. The summed E-state index contributed by atoms with van der Waals surface area (Å²) in [6.07, 6.45) is 5.50. The third kappa shape index (κ3) is 3.88. The smallest absolute Gasteiger partial charge is 0.240 e. The van der Waals surface area contributed by atoms with Crippen LogP contribution in [0.25, 0.3) is 0 Å². The monoisotopic (exact) mass is 293 g/mol. The van der Waals surface area contributed by atoms with E-state index >= 15 is 0 Å². The average Bonchev–Trinajstić information content (AvgIpc) is 3.06. The number of thiazole rings is 1. The van der Waals surface area contributed by atoms with Gasteiger partial charge in [0.15, 0.2) is 5.13 Å². The van der Waals surface area contributed by atoms with Gasteiger partial charge in [0.1, 0.15) is 0 Å². The van der Waals surface area contributed by atoms with Crippen LogP contribution < -0.4 is 10.6 Å². The number of rotatable bonds is 6. The van der Waals surface area contributed by atoms with Crippen molar-refractivity contribution in [2.24, 2.45) is 0 Å². The van der Waals surface area contributed by atoms with Crippen molar-refractivity contribution in [3.8, 4) is 0 Å². The van der Waals surface area contributed by atoms with E-state index in [2.05, 4.69) is 27.6 Å². The van der Waals surface area contributed by atoms with Crippen molar-refractivity contribution in [2.75, 3.05) is 11.9 Å². The fourth-order valence-electron chi connectivity index (χ4n) is 1.76. The summed E-state index contributed by atoms with van der Waals surface area (Å²) in [6.45, 7) is 6.38. The van der Waals surface area contributed by atoms with Crippen LogP contribution in [0.5, 0.6) is 0 Å². The largest absolute Gasteiger partial charge is 0.304 e. The van der Waals surface area contributed by atoms with Gasteiger partial charge in [0.2, 0.25) is 5.91 Å². The Hall–Kier alpha value is -1.73. The molecule has 1 amide bonds. The molecule has 108 valence electrons. The highest BCUT2D eigenvalue weighted by atomic mass is 32.1. The lowest BCUT2D eigenvalue weighted by atomic mass is 10.2. The lowest BCUT2D eigenvalue weighted by Gasteiger charge is -2.21. The Morgan fingerprint density at radius 1 is 1.50 bits per heavy atom. The van der Waals surface area contributed by atoms with Crippen molar-refractivity contribution in [1.29, 1.82) is 0 Å². The highest BCUT2D eigenvalue weighted by molar-refractivity contribution is 7.13. The molecule has 6 nitrogen and oxygen atoms in total. The molecule has 0 aromatic carbocycles. The first-order valence-electron chi connectivity index (χ1n) is 6.49. The van der Waals surface area contributed by atoms with E-state index in [0.29, 0.717) is 5.13 Å². The molecule has 0 saturated carbocycles. The van der Waals surface area contributed by atoms with Crippen molar-refractivity contribution >= 4 is 22.4 Å². The molecule has 2 aromatic heterocycles. The Morgan fingerprint density at radius 2 is 2.30 bits per heavy atom.